The highest BCUT2D eigenvalue weighted by atomic mass is 35.5. The Balaban J connectivity index is 2.00. The zero-order chi connectivity index (χ0) is 28.4. The molecule has 1 atom stereocenters. The molecular weight excluding hydrogens is 549 g/mol. The SMILES string of the molecule is COc1ccc(N2C(=O)C(=O)/C(=C(/O)c3cc(Cl)c(OC)c(Cl)c3OC)C2c2cccc(OC(C)=O)c2)cc1. The topological polar surface area (TPSA) is 112 Å². The molecule has 3 aromatic rings. The molecule has 0 spiro atoms. The summed E-state index contributed by atoms with van der Waals surface area (Å²) in [6.07, 6.45) is 0. The van der Waals surface area contributed by atoms with Gasteiger partial charge < -0.3 is 24.1 Å². The van der Waals surface area contributed by atoms with E-state index in [0.717, 1.165) is 0 Å². The second-order valence-electron chi connectivity index (χ2n) is 8.32. The summed E-state index contributed by atoms with van der Waals surface area (Å²) in [6, 6.07) is 13.0. The van der Waals surface area contributed by atoms with Gasteiger partial charge in [-0.3, -0.25) is 19.3 Å². The van der Waals surface area contributed by atoms with Crippen molar-refractivity contribution in [3.63, 3.8) is 0 Å². The van der Waals surface area contributed by atoms with Crippen molar-refractivity contribution in [2.45, 2.75) is 13.0 Å². The molecule has 1 amide bonds. The molecule has 1 fully saturated rings. The van der Waals surface area contributed by atoms with Crippen LogP contribution in [0.4, 0.5) is 5.69 Å². The quantitative estimate of drug-likeness (QED) is 0.129. The summed E-state index contributed by atoms with van der Waals surface area (Å²) in [4.78, 5) is 39.8. The highest BCUT2D eigenvalue weighted by molar-refractivity contribution is 6.52. The van der Waals surface area contributed by atoms with Gasteiger partial charge in [-0.25, -0.2) is 0 Å². The van der Waals surface area contributed by atoms with Gasteiger partial charge in [0, 0.05) is 12.6 Å². The Kier molecular flexibility index (Phi) is 8.03. The fraction of sp³-hybridized carbons (Fsp3) is 0.179. The second-order valence-corrected chi connectivity index (χ2v) is 9.10. The number of anilines is 1. The number of ketones is 1. The van der Waals surface area contributed by atoms with Gasteiger partial charge in [0.1, 0.15) is 22.3 Å². The number of methoxy groups -OCH3 is 3. The number of esters is 1. The molecule has 1 saturated heterocycles. The molecule has 3 aromatic carbocycles. The van der Waals surface area contributed by atoms with Crippen molar-refractivity contribution in [1.82, 2.24) is 0 Å². The molecule has 0 aromatic heterocycles. The Morgan fingerprint density at radius 1 is 0.897 bits per heavy atom. The molecule has 0 saturated carbocycles. The van der Waals surface area contributed by atoms with Gasteiger partial charge >= 0.3 is 5.97 Å². The lowest BCUT2D eigenvalue weighted by Gasteiger charge is -2.26. The molecule has 1 aliphatic heterocycles. The van der Waals surface area contributed by atoms with Crippen molar-refractivity contribution in [3.8, 4) is 23.0 Å². The Hall–Kier alpha value is -4.21. The molecule has 1 aliphatic rings. The largest absolute Gasteiger partial charge is 0.507 e. The minimum atomic E-state index is -1.13. The Morgan fingerprint density at radius 2 is 1.56 bits per heavy atom. The maximum absolute atomic E-state index is 13.5. The van der Waals surface area contributed by atoms with E-state index in [1.165, 1.54) is 45.3 Å². The molecule has 202 valence electrons. The minimum absolute atomic E-state index is 0.0153. The molecule has 0 aliphatic carbocycles. The molecule has 1 N–H and O–H groups in total. The van der Waals surface area contributed by atoms with Crippen LogP contribution in [0.2, 0.25) is 10.0 Å². The van der Waals surface area contributed by atoms with Crippen molar-refractivity contribution in [2.75, 3.05) is 26.2 Å². The number of Topliss-reactive ketones (excluding diaryl/α,β-unsaturated/α-hetero) is 1. The van der Waals surface area contributed by atoms with Crippen LogP contribution in [0.5, 0.6) is 23.0 Å². The normalized spacial score (nSPS) is 16.3. The lowest BCUT2D eigenvalue weighted by Crippen LogP contribution is -2.29. The molecule has 1 heterocycles. The van der Waals surface area contributed by atoms with Gasteiger partial charge in [-0.2, -0.15) is 0 Å². The monoisotopic (exact) mass is 571 g/mol. The lowest BCUT2D eigenvalue weighted by atomic mass is 9.94. The third-order valence-corrected chi connectivity index (χ3v) is 6.65. The van der Waals surface area contributed by atoms with Crippen LogP contribution < -0.4 is 23.8 Å². The van der Waals surface area contributed by atoms with E-state index in [9.17, 15) is 19.5 Å². The van der Waals surface area contributed by atoms with Crippen molar-refractivity contribution >= 4 is 52.3 Å². The second kappa shape index (κ2) is 11.3. The lowest BCUT2D eigenvalue weighted by molar-refractivity contribution is -0.132. The van der Waals surface area contributed by atoms with Crippen LogP contribution in [0.15, 0.2) is 60.2 Å². The summed E-state index contributed by atoms with van der Waals surface area (Å²) < 4.78 is 21.1. The number of hydrogen-bond acceptors (Lipinski definition) is 8. The number of aliphatic hydroxyl groups is 1. The average molecular weight is 572 g/mol. The zero-order valence-corrected chi connectivity index (χ0v) is 22.8. The van der Waals surface area contributed by atoms with E-state index in [2.05, 4.69) is 0 Å². The van der Waals surface area contributed by atoms with Crippen LogP contribution in [-0.2, 0) is 14.4 Å². The fourth-order valence-electron chi connectivity index (χ4n) is 4.36. The number of nitrogens with zero attached hydrogens (tertiary/aromatic N) is 1. The van der Waals surface area contributed by atoms with Gasteiger partial charge in [0.2, 0.25) is 0 Å². The van der Waals surface area contributed by atoms with E-state index in [1.54, 1.807) is 42.5 Å². The standard InChI is InChI=1S/C28H23Cl2NO8/c1-14(32)39-18-7-5-6-15(12-18)23-21(24(33)19-13-20(29)27(38-4)22(30)26(19)37-3)25(34)28(35)31(23)16-8-10-17(36-2)11-9-16/h5-13,23,33H,1-4H3/b24-21+. The number of carbonyl (C=O) groups is 3. The number of hydrogen-bond donors (Lipinski definition) is 1. The Bertz CT molecular complexity index is 1500. The van der Waals surface area contributed by atoms with Crippen LogP contribution in [0.1, 0.15) is 24.1 Å². The van der Waals surface area contributed by atoms with Crippen LogP contribution in [0.25, 0.3) is 5.76 Å². The summed E-state index contributed by atoms with van der Waals surface area (Å²) in [5.74, 6) is -2.16. The highest BCUT2D eigenvalue weighted by Crippen LogP contribution is 2.48. The van der Waals surface area contributed by atoms with Gasteiger partial charge in [0.05, 0.1) is 43.5 Å². The third kappa shape index (κ3) is 5.10. The molecular formula is C28H23Cl2NO8. The molecule has 11 heteroatoms. The average Bonchev–Trinajstić information content (AvgIpc) is 3.18. The molecule has 4 rings (SSSR count). The number of benzene rings is 3. The summed E-state index contributed by atoms with van der Waals surface area (Å²) >= 11 is 12.8. The maximum atomic E-state index is 13.5. The van der Waals surface area contributed by atoms with Crippen LogP contribution in [0, 0.1) is 0 Å². The molecule has 0 bridgehead atoms. The maximum Gasteiger partial charge on any atom is 0.308 e. The smallest absolute Gasteiger partial charge is 0.308 e. The first-order chi connectivity index (χ1) is 18.6. The summed E-state index contributed by atoms with van der Waals surface area (Å²) in [7, 11) is 4.18. The number of carbonyl (C=O) groups excluding carboxylic acids is 3. The Labute approximate surface area is 234 Å². The van der Waals surface area contributed by atoms with E-state index in [1.807, 2.05) is 0 Å². The first kappa shape index (κ1) is 27.8. The van der Waals surface area contributed by atoms with Gasteiger partial charge in [-0.15, -0.1) is 0 Å². The van der Waals surface area contributed by atoms with E-state index in [0.29, 0.717) is 17.0 Å². The number of halogens is 2. The number of aliphatic hydroxyl groups excluding tert-OH is 1. The molecule has 39 heavy (non-hydrogen) atoms. The van der Waals surface area contributed by atoms with E-state index in [-0.39, 0.29) is 38.4 Å². The molecule has 1 unspecified atom stereocenters. The van der Waals surface area contributed by atoms with Crippen molar-refractivity contribution in [2.24, 2.45) is 0 Å². The third-order valence-electron chi connectivity index (χ3n) is 6.03. The zero-order valence-electron chi connectivity index (χ0n) is 21.3. The van der Waals surface area contributed by atoms with Crippen molar-refractivity contribution in [1.29, 1.82) is 0 Å². The first-order valence-electron chi connectivity index (χ1n) is 11.5. The van der Waals surface area contributed by atoms with Crippen LogP contribution in [-0.4, -0.2) is 44.1 Å². The number of rotatable bonds is 7. The summed E-state index contributed by atoms with van der Waals surface area (Å²) in [5.41, 5.74) is 0.459. The predicted molar refractivity (Wildman–Crippen MR) is 145 cm³/mol. The molecule has 0 radical (unpaired) electrons. The summed E-state index contributed by atoms with van der Waals surface area (Å²) in [6.45, 7) is 1.25. The van der Waals surface area contributed by atoms with Crippen molar-refractivity contribution < 1.29 is 38.4 Å². The van der Waals surface area contributed by atoms with Crippen LogP contribution in [0.3, 0.4) is 0 Å². The van der Waals surface area contributed by atoms with E-state index in [4.69, 9.17) is 42.1 Å². The van der Waals surface area contributed by atoms with E-state index < -0.39 is 29.5 Å². The number of ether oxygens (including phenoxy) is 4. The first-order valence-corrected chi connectivity index (χ1v) is 12.2. The van der Waals surface area contributed by atoms with Crippen LogP contribution >= 0.6 is 23.2 Å². The highest BCUT2D eigenvalue weighted by Gasteiger charge is 2.47. The summed E-state index contributed by atoms with van der Waals surface area (Å²) in [5, 5.41) is 11.6. The van der Waals surface area contributed by atoms with Gasteiger partial charge in [0.15, 0.2) is 11.5 Å². The minimum Gasteiger partial charge on any atom is -0.507 e. The van der Waals surface area contributed by atoms with Gasteiger partial charge in [-0.1, -0.05) is 35.3 Å². The van der Waals surface area contributed by atoms with Gasteiger partial charge in [-0.05, 0) is 48.0 Å². The Morgan fingerprint density at radius 3 is 2.15 bits per heavy atom. The molecule has 9 nitrogen and oxygen atoms in total. The fourth-order valence-corrected chi connectivity index (χ4v) is 5.05. The van der Waals surface area contributed by atoms with Gasteiger partial charge in [0.25, 0.3) is 11.7 Å². The predicted octanol–water partition coefficient (Wildman–Crippen LogP) is 5.57. The van der Waals surface area contributed by atoms with Crippen molar-refractivity contribution in [3.05, 3.63) is 81.3 Å². The number of amides is 1. The van der Waals surface area contributed by atoms with E-state index >= 15 is 0 Å².